The molecule has 1 unspecified atom stereocenters. The lowest BCUT2D eigenvalue weighted by Gasteiger charge is -2.32. The first-order valence-corrected chi connectivity index (χ1v) is 7.60. The monoisotopic (exact) mass is 310 g/mol. The molecule has 1 atom stereocenters. The van der Waals surface area contributed by atoms with Crippen molar-refractivity contribution in [2.24, 2.45) is 5.92 Å². The van der Waals surface area contributed by atoms with Crippen molar-refractivity contribution >= 4 is 21.8 Å². The Bertz CT molecular complexity index is 420. The Labute approximate surface area is 117 Å². The average Bonchev–Trinajstić information content (AvgIpc) is 2.39. The van der Waals surface area contributed by atoms with E-state index in [9.17, 15) is 4.79 Å². The number of rotatable bonds is 3. The minimum absolute atomic E-state index is 0.153. The van der Waals surface area contributed by atoms with Gasteiger partial charge in [-0.1, -0.05) is 15.9 Å². The van der Waals surface area contributed by atoms with Gasteiger partial charge in [-0.05, 0) is 44.2 Å². The molecule has 1 aromatic rings. The van der Waals surface area contributed by atoms with Gasteiger partial charge >= 0.3 is 0 Å². The van der Waals surface area contributed by atoms with Crippen LogP contribution in [0, 0.1) is 12.8 Å². The molecule has 1 aromatic heterocycles. The number of pyridine rings is 1. The van der Waals surface area contributed by atoms with Gasteiger partial charge in [0.25, 0.3) is 5.91 Å². The number of halogens is 1. The topological polar surface area (TPSA) is 33.2 Å². The van der Waals surface area contributed by atoms with E-state index in [-0.39, 0.29) is 5.91 Å². The highest BCUT2D eigenvalue weighted by molar-refractivity contribution is 9.09. The van der Waals surface area contributed by atoms with Crippen molar-refractivity contribution in [2.45, 2.75) is 26.2 Å². The molecule has 1 amide bonds. The molecule has 0 bridgehead atoms. The van der Waals surface area contributed by atoms with Crippen LogP contribution in [0.5, 0.6) is 0 Å². The second-order valence-electron chi connectivity index (χ2n) is 4.92. The zero-order valence-corrected chi connectivity index (χ0v) is 12.3. The molecule has 0 radical (unpaired) electrons. The number of alkyl halides is 1. The van der Waals surface area contributed by atoms with Gasteiger partial charge in [0.05, 0.1) is 0 Å². The van der Waals surface area contributed by atoms with Gasteiger partial charge in [-0.3, -0.25) is 9.78 Å². The van der Waals surface area contributed by atoms with Crippen molar-refractivity contribution in [1.82, 2.24) is 9.88 Å². The van der Waals surface area contributed by atoms with E-state index < -0.39 is 0 Å². The molecule has 3 nitrogen and oxygen atoms in total. The molecule has 2 rings (SSSR count). The smallest absolute Gasteiger partial charge is 0.253 e. The first-order chi connectivity index (χ1) is 8.70. The van der Waals surface area contributed by atoms with Crippen LogP contribution in [0.4, 0.5) is 0 Å². The fourth-order valence-corrected chi connectivity index (χ4v) is 3.15. The summed E-state index contributed by atoms with van der Waals surface area (Å²) in [6.07, 6.45) is 5.22. The van der Waals surface area contributed by atoms with Crippen molar-refractivity contribution in [3.8, 4) is 0 Å². The summed E-state index contributed by atoms with van der Waals surface area (Å²) in [6.45, 7) is 3.70. The lowest BCUT2D eigenvalue weighted by Crippen LogP contribution is -2.40. The molecular formula is C14H19BrN2O. The largest absolute Gasteiger partial charge is 0.338 e. The zero-order valence-electron chi connectivity index (χ0n) is 10.7. The molecule has 1 aliphatic rings. The molecule has 98 valence electrons. The molecule has 1 aliphatic heterocycles. The minimum Gasteiger partial charge on any atom is -0.338 e. The number of carbonyl (C=O) groups excluding carboxylic acids is 1. The normalized spacial score (nSPS) is 19.9. The van der Waals surface area contributed by atoms with Crippen molar-refractivity contribution in [3.05, 3.63) is 29.6 Å². The fraction of sp³-hybridized carbons (Fsp3) is 0.571. The fourth-order valence-electron chi connectivity index (χ4n) is 2.50. The van der Waals surface area contributed by atoms with E-state index in [0.29, 0.717) is 5.92 Å². The highest BCUT2D eigenvalue weighted by Crippen LogP contribution is 2.21. The number of amides is 1. The Morgan fingerprint density at radius 1 is 1.61 bits per heavy atom. The molecule has 0 aromatic carbocycles. The van der Waals surface area contributed by atoms with Crippen LogP contribution in [0.1, 0.15) is 35.3 Å². The van der Waals surface area contributed by atoms with E-state index in [2.05, 4.69) is 20.9 Å². The Kier molecular flexibility index (Phi) is 4.75. The number of aryl methyl sites for hydroxylation is 1. The molecule has 0 aliphatic carbocycles. The predicted molar refractivity (Wildman–Crippen MR) is 76.0 cm³/mol. The summed E-state index contributed by atoms with van der Waals surface area (Å²) in [5, 5.41) is 1.02. The van der Waals surface area contributed by atoms with E-state index in [0.717, 1.165) is 42.5 Å². The molecule has 1 fully saturated rings. The maximum Gasteiger partial charge on any atom is 0.253 e. The molecule has 2 heterocycles. The Morgan fingerprint density at radius 3 is 3.17 bits per heavy atom. The van der Waals surface area contributed by atoms with Crippen LogP contribution in [-0.2, 0) is 0 Å². The summed E-state index contributed by atoms with van der Waals surface area (Å²) in [5.74, 6) is 0.796. The number of hydrogen-bond acceptors (Lipinski definition) is 2. The number of hydrogen-bond donors (Lipinski definition) is 0. The standard InChI is InChI=1S/C14H19BrN2O/c1-11-9-13(5-7-16-11)14(18)17-8-2-3-12(10-17)4-6-15/h5,7,9,12H,2-4,6,8,10H2,1H3. The van der Waals surface area contributed by atoms with Gasteiger partial charge < -0.3 is 4.90 Å². The molecule has 18 heavy (non-hydrogen) atoms. The minimum atomic E-state index is 0.153. The van der Waals surface area contributed by atoms with Gasteiger partial charge in [-0.15, -0.1) is 0 Å². The summed E-state index contributed by atoms with van der Waals surface area (Å²) in [6, 6.07) is 3.68. The van der Waals surface area contributed by atoms with Crippen LogP contribution in [-0.4, -0.2) is 34.2 Å². The van der Waals surface area contributed by atoms with Crippen molar-refractivity contribution in [2.75, 3.05) is 18.4 Å². The van der Waals surface area contributed by atoms with Gasteiger partial charge in [0.1, 0.15) is 0 Å². The van der Waals surface area contributed by atoms with E-state index in [1.807, 2.05) is 24.0 Å². The van der Waals surface area contributed by atoms with Gasteiger partial charge in [0.2, 0.25) is 0 Å². The molecule has 0 N–H and O–H groups in total. The third-order valence-corrected chi connectivity index (χ3v) is 3.93. The second-order valence-corrected chi connectivity index (χ2v) is 5.72. The van der Waals surface area contributed by atoms with Crippen LogP contribution >= 0.6 is 15.9 Å². The van der Waals surface area contributed by atoms with Gasteiger partial charge in [0.15, 0.2) is 0 Å². The van der Waals surface area contributed by atoms with Crippen molar-refractivity contribution < 1.29 is 4.79 Å². The number of carbonyl (C=O) groups is 1. The van der Waals surface area contributed by atoms with Gasteiger partial charge in [-0.25, -0.2) is 0 Å². The summed E-state index contributed by atoms with van der Waals surface area (Å²) in [7, 11) is 0. The Balaban J connectivity index is 2.04. The lowest BCUT2D eigenvalue weighted by molar-refractivity contribution is 0.0672. The number of nitrogens with zero attached hydrogens (tertiary/aromatic N) is 2. The van der Waals surface area contributed by atoms with Gasteiger partial charge in [0, 0.05) is 35.9 Å². The highest BCUT2D eigenvalue weighted by atomic mass is 79.9. The number of likely N-dealkylation sites (tertiary alicyclic amines) is 1. The number of aromatic nitrogens is 1. The van der Waals surface area contributed by atoms with Gasteiger partial charge in [-0.2, -0.15) is 0 Å². The average molecular weight is 311 g/mol. The molecule has 1 saturated heterocycles. The zero-order chi connectivity index (χ0) is 13.0. The third kappa shape index (κ3) is 3.31. The lowest BCUT2D eigenvalue weighted by atomic mass is 9.95. The molecule has 0 spiro atoms. The van der Waals surface area contributed by atoms with Crippen molar-refractivity contribution in [1.29, 1.82) is 0 Å². The third-order valence-electron chi connectivity index (χ3n) is 3.47. The quantitative estimate of drug-likeness (QED) is 0.804. The summed E-state index contributed by atoms with van der Waals surface area (Å²) in [5.41, 5.74) is 1.66. The molecule has 4 heteroatoms. The van der Waals surface area contributed by atoms with E-state index in [1.165, 1.54) is 6.42 Å². The first-order valence-electron chi connectivity index (χ1n) is 6.48. The van der Waals surface area contributed by atoms with Crippen LogP contribution < -0.4 is 0 Å². The SMILES string of the molecule is Cc1cc(C(=O)N2CCCC(CCBr)C2)ccn1. The molecule has 0 saturated carbocycles. The van der Waals surface area contributed by atoms with Crippen LogP contribution in [0.15, 0.2) is 18.3 Å². The van der Waals surface area contributed by atoms with Crippen LogP contribution in [0.2, 0.25) is 0 Å². The maximum absolute atomic E-state index is 12.4. The molecular weight excluding hydrogens is 292 g/mol. The van der Waals surface area contributed by atoms with E-state index >= 15 is 0 Å². The van der Waals surface area contributed by atoms with Crippen molar-refractivity contribution in [3.63, 3.8) is 0 Å². The summed E-state index contributed by atoms with van der Waals surface area (Å²) >= 11 is 3.48. The predicted octanol–water partition coefficient (Wildman–Crippen LogP) is 3.03. The Hall–Kier alpha value is -0.900. The number of piperidine rings is 1. The highest BCUT2D eigenvalue weighted by Gasteiger charge is 2.24. The maximum atomic E-state index is 12.4. The van der Waals surface area contributed by atoms with Crippen LogP contribution in [0.3, 0.4) is 0 Å². The van der Waals surface area contributed by atoms with E-state index in [4.69, 9.17) is 0 Å². The Morgan fingerprint density at radius 2 is 2.44 bits per heavy atom. The summed E-state index contributed by atoms with van der Waals surface area (Å²) in [4.78, 5) is 18.5. The van der Waals surface area contributed by atoms with Crippen LogP contribution in [0.25, 0.3) is 0 Å². The second kappa shape index (κ2) is 6.32. The summed E-state index contributed by atoms with van der Waals surface area (Å²) < 4.78 is 0. The first kappa shape index (κ1) is 13.5. The van der Waals surface area contributed by atoms with E-state index in [1.54, 1.807) is 6.20 Å².